The van der Waals surface area contributed by atoms with Gasteiger partial charge >= 0.3 is 5.97 Å². The highest BCUT2D eigenvalue weighted by Gasteiger charge is 2.12. The topological polar surface area (TPSA) is 120 Å². The number of para-hydroxylation sites is 1. The van der Waals surface area contributed by atoms with E-state index in [1.165, 1.54) is 37.6 Å². The van der Waals surface area contributed by atoms with E-state index in [9.17, 15) is 19.7 Å². The molecule has 0 aliphatic carbocycles. The molecule has 0 atom stereocenters. The summed E-state index contributed by atoms with van der Waals surface area (Å²) in [5, 5.41) is 14.6. The molecule has 0 spiro atoms. The number of carbonyl (C=O) groups is 2. The van der Waals surface area contributed by atoms with Crippen LogP contribution in [0.1, 0.15) is 26.3 Å². The number of non-ortho nitro benzene ring substituents is 1. The van der Waals surface area contributed by atoms with Crippen LogP contribution in [0.25, 0.3) is 0 Å². The van der Waals surface area contributed by atoms with Crippen molar-refractivity contribution in [1.29, 1.82) is 0 Å². The van der Waals surface area contributed by atoms with Crippen LogP contribution in [0.3, 0.4) is 0 Å². The van der Waals surface area contributed by atoms with Crippen LogP contribution in [0, 0.1) is 10.1 Å². The Balaban J connectivity index is 1.66. The molecule has 0 unspecified atom stereocenters. The Labute approximate surface area is 177 Å². The maximum Gasteiger partial charge on any atom is 0.343 e. The molecule has 0 saturated heterocycles. The number of carbonyl (C=O) groups excluding carboxylic acids is 2. The molecule has 0 aliphatic rings. The average molecular weight is 419 g/mol. The van der Waals surface area contributed by atoms with Gasteiger partial charge in [0, 0.05) is 23.3 Å². The van der Waals surface area contributed by atoms with Crippen molar-refractivity contribution >= 4 is 23.8 Å². The summed E-state index contributed by atoms with van der Waals surface area (Å²) < 4.78 is 10.5. The third-order valence-corrected chi connectivity index (χ3v) is 4.16. The molecule has 3 rings (SSSR count). The molecule has 0 fully saturated rings. The monoisotopic (exact) mass is 419 g/mol. The summed E-state index contributed by atoms with van der Waals surface area (Å²) >= 11 is 0. The first kappa shape index (κ1) is 21.2. The van der Waals surface area contributed by atoms with Crippen molar-refractivity contribution in [3.8, 4) is 11.5 Å². The number of nitrogens with one attached hydrogen (secondary N) is 1. The van der Waals surface area contributed by atoms with Crippen LogP contribution in [0.4, 0.5) is 5.69 Å². The smallest absolute Gasteiger partial charge is 0.343 e. The van der Waals surface area contributed by atoms with E-state index in [-0.39, 0.29) is 17.0 Å². The molecule has 0 bridgehead atoms. The highest BCUT2D eigenvalue weighted by atomic mass is 16.6. The quantitative estimate of drug-likeness (QED) is 0.205. The van der Waals surface area contributed by atoms with E-state index in [1.807, 2.05) is 0 Å². The average Bonchev–Trinajstić information content (AvgIpc) is 2.80. The minimum absolute atomic E-state index is 0.118. The molecule has 9 nitrogen and oxygen atoms in total. The predicted octanol–water partition coefficient (Wildman–Crippen LogP) is 3.59. The molecule has 3 aromatic carbocycles. The van der Waals surface area contributed by atoms with Crippen molar-refractivity contribution in [3.05, 3.63) is 99.6 Å². The van der Waals surface area contributed by atoms with Crippen molar-refractivity contribution in [2.24, 2.45) is 5.10 Å². The van der Waals surface area contributed by atoms with Crippen molar-refractivity contribution in [2.75, 3.05) is 7.11 Å². The minimum Gasteiger partial charge on any atom is -0.497 e. The van der Waals surface area contributed by atoms with E-state index in [1.54, 1.807) is 48.5 Å². The number of nitrogens with zero attached hydrogens (tertiary/aromatic N) is 2. The van der Waals surface area contributed by atoms with E-state index >= 15 is 0 Å². The molecule has 0 aliphatic heterocycles. The SMILES string of the molecule is COc1ccc(C(=O)Oc2ccccc2/C=N/NC(=O)c2ccc([N+](=O)[O-])cc2)cc1. The summed E-state index contributed by atoms with van der Waals surface area (Å²) in [6.45, 7) is 0. The second kappa shape index (κ2) is 9.79. The number of hydrogen-bond donors (Lipinski definition) is 1. The summed E-state index contributed by atoms with van der Waals surface area (Å²) in [6, 6.07) is 18.3. The minimum atomic E-state index is -0.557. The lowest BCUT2D eigenvalue weighted by Crippen LogP contribution is -2.17. The third-order valence-electron chi connectivity index (χ3n) is 4.16. The molecule has 0 heterocycles. The lowest BCUT2D eigenvalue weighted by molar-refractivity contribution is -0.384. The summed E-state index contributed by atoms with van der Waals surface area (Å²) in [7, 11) is 1.53. The van der Waals surface area contributed by atoms with E-state index < -0.39 is 16.8 Å². The van der Waals surface area contributed by atoms with Crippen molar-refractivity contribution in [1.82, 2.24) is 5.43 Å². The molecule has 31 heavy (non-hydrogen) atoms. The van der Waals surface area contributed by atoms with Crippen LogP contribution in [-0.2, 0) is 0 Å². The van der Waals surface area contributed by atoms with Crippen LogP contribution in [0.2, 0.25) is 0 Å². The number of hydrogen-bond acceptors (Lipinski definition) is 7. The molecule has 156 valence electrons. The van der Waals surface area contributed by atoms with Gasteiger partial charge in [0.1, 0.15) is 11.5 Å². The number of hydrazone groups is 1. The van der Waals surface area contributed by atoms with Crippen LogP contribution in [-0.4, -0.2) is 30.1 Å². The number of nitro benzene ring substituents is 1. The van der Waals surface area contributed by atoms with Crippen LogP contribution >= 0.6 is 0 Å². The second-order valence-electron chi connectivity index (χ2n) is 6.16. The van der Waals surface area contributed by atoms with Gasteiger partial charge in [-0.25, -0.2) is 10.2 Å². The molecule has 1 amide bonds. The van der Waals surface area contributed by atoms with Gasteiger partial charge in [-0.3, -0.25) is 14.9 Å². The van der Waals surface area contributed by atoms with Gasteiger partial charge in [-0.15, -0.1) is 0 Å². The first-order valence-electron chi connectivity index (χ1n) is 9.01. The predicted molar refractivity (Wildman–Crippen MR) is 113 cm³/mol. The zero-order chi connectivity index (χ0) is 22.2. The Kier molecular flexibility index (Phi) is 6.69. The zero-order valence-electron chi connectivity index (χ0n) is 16.3. The van der Waals surface area contributed by atoms with Crippen molar-refractivity contribution in [2.45, 2.75) is 0 Å². The Hall–Kier alpha value is -4.53. The number of benzene rings is 3. The van der Waals surface area contributed by atoms with E-state index in [4.69, 9.17) is 9.47 Å². The van der Waals surface area contributed by atoms with E-state index in [0.29, 0.717) is 16.9 Å². The maximum atomic E-state index is 12.4. The second-order valence-corrected chi connectivity index (χ2v) is 6.16. The number of rotatable bonds is 7. The zero-order valence-corrected chi connectivity index (χ0v) is 16.3. The molecule has 9 heteroatoms. The fourth-order valence-corrected chi connectivity index (χ4v) is 2.53. The van der Waals surface area contributed by atoms with Crippen molar-refractivity contribution < 1.29 is 24.0 Å². The number of esters is 1. The molecule has 0 aromatic heterocycles. The van der Waals surface area contributed by atoms with Gasteiger partial charge in [-0.2, -0.15) is 5.10 Å². The first-order chi connectivity index (χ1) is 15.0. The maximum absolute atomic E-state index is 12.4. The largest absolute Gasteiger partial charge is 0.497 e. The number of ether oxygens (including phenoxy) is 2. The summed E-state index contributed by atoms with van der Waals surface area (Å²) in [4.78, 5) is 34.6. The Morgan fingerprint density at radius 1 is 0.968 bits per heavy atom. The van der Waals surface area contributed by atoms with Gasteiger partial charge in [0.25, 0.3) is 11.6 Å². The third kappa shape index (κ3) is 5.51. The fraction of sp³-hybridized carbons (Fsp3) is 0.0455. The molecular weight excluding hydrogens is 402 g/mol. The lowest BCUT2D eigenvalue weighted by atomic mass is 10.2. The van der Waals surface area contributed by atoms with Crippen molar-refractivity contribution in [3.63, 3.8) is 0 Å². The molecule has 1 N–H and O–H groups in total. The Bertz CT molecular complexity index is 1120. The fourth-order valence-electron chi connectivity index (χ4n) is 2.53. The molecular formula is C22H17N3O6. The van der Waals surface area contributed by atoms with Gasteiger partial charge in [0.15, 0.2) is 0 Å². The summed E-state index contributed by atoms with van der Waals surface area (Å²) in [5.41, 5.74) is 3.23. The van der Waals surface area contributed by atoms with Gasteiger partial charge < -0.3 is 9.47 Å². The highest BCUT2D eigenvalue weighted by molar-refractivity contribution is 5.96. The van der Waals surface area contributed by atoms with E-state index in [2.05, 4.69) is 10.5 Å². The Morgan fingerprint density at radius 2 is 1.61 bits per heavy atom. The van der Waals surface area contributed by atoms with Gasteiger partial charge in [0.2, 0.25) is 0 Å². The standard InChI is InChI=1S/C22H17N3O6/c1-30-19-12-8-16(9-13-19)22(27)31-20-5-3-2-4-17(20)14-23-24-21(26)15-6-10-18(11-7-15)25(28)29/h2-14H,1H3,(H,24,26)/b23-14+. The van der Waals surface area contributed by atoms with Gasteiger partial charge in [0.05, 0.1) is 23.8 Å². The molecule has 0 radical (unpaired) electrons. The number of methoxy groups -OCH3 is 1. The van der Waals surface area contributed by atoms with Gasteiger partial charge in [-0.1, -0.05) is 12.1 Å². The summed E-state index contributed by atoms with van der Waals surface area (Å²) in [6.07, 6.45) is 1.33. The highest BCUT2D eigenvalue weighted by Crippen LogP contribution is 2.19. The summed E-state index contributed by atoms with van der Waals surface area (Å²) in [5.74, 6) is -0.221. The van der Waals surface area contributed by atoms with Crippen LogP contribution < -0.4 is 14.9 Å². The first-order valence-corrected chi connectivity index (χ1v) is 9.01. The van der Waals surface area contributed by atoms with Crippen LogP contribution in [0.5, 0.6) is 11.5 Å². The lowest BCUT2D eigenvalue weighted by Gasteiger charge is -2.08. The normalized spacial score (nSPS) is 10.5. The molecule has 3 aromatic rings. The van der Waals surface area contributed by atoms with E-state index in [0.717, 1.165) is 0 Å². The van der Waals surface area contributed by atoms with Gasteiger partial charge in [-0.05, 0) is 48.5 Å². The number of nitro groups is 1. The number of amides is 1. The van der Waals surface area contributed by atoms with Crippen LogP contribution in [0.15, 0.2) is 77.9 Å². The molecule has 0 saturated carbocycles. The Morgan fingerprint density at radius 3 is 2.26 bits per heavy atom.